The van der Waals surface area contributed by atoms with Crippen molar-refractivity contribution in [1.82, 2.24) is 15.0 Å². The third-order valence-corrected chi connectivity index (χ3v) is 3.82. The molecule has 8 heteroatoms. The maximum atomic E-state index is 12.3. The molecule has 0 saturated carbocycles. The fourth-order valence-electron chi connectivity index (χ4n) is 2.17. The number of aromatic nitrogens is 3. The van der Waals surface area contributed by atoms with E-state index in [0.717, 1.165) is 5.56 Å². The summed E-state index contributed by atoms with van der Waals surface area (Å²) in [6.45, 7) is 0.568. The molecule has 0 aliphatic rings. The minimum atomic E-state index is -0.327. The number of halogens is 1. The molecule has 2 N–H and O–H groups in total. The molecule has 0 spiro atoms. The summed E-state index contributed by atoms with van der Waals surface area (Å²) < 4.78 is 5.08. The zero-order chi connectivity index (χ0) is 18.4. The normalized spacial score (nSPS) is 10.2. The summed E-state index contributed by atoms with van der Waals surface area (Å²) in [6, 6.07) is 8.79. The second-order valence-electron chi connectivity index (χ2n) is 5.31. The molecule has 3 aromatic rings. The number of pyridine rings is 1. The average Bonchev–Trinajstić information content (AvgIpc) is 2.68. The van der Waals surface area contributed by atoms with Crippen molar-refractivity contribution in [2.45, 2.75) is 6.54 Å². The van der Waals surface area contributed by atoms with Gasteiger partial charge in [0.15, 0.2) is 0 Å². The van der Waals surface area contributed by atoms with Gasteiger partial charge in [-0.3, -0.25) is 9.78 Å². The monoisotopic (exact) mass is 369 g/mol. The van der Waals surface area contributed by atoms with E-state index < -0.39 is 0 Å². The predicted octanol–water partition coefficient (Wildman–Crippen LogP) is 3.40. The van der Waals surface area contributed by atoms with Crippen LogP contribution < -0.4 is 15.4 Å². The summed E-state index contributed by atoms with van der Waals surface area (Å²) in [6.07, 6.45) is 6.36. The molecule has 0 aliphatic carbocycles. The molecule has 0 bridgehead atoms. The van der Waals surface area contributed by atoms with Crippen molar-refractivity contribution in [2.75, 3.05) is 17.7 Å². The van der Waals surface area contributed by atoms with Gasteiger partial charge in [0, 0.05) is 37.0 Å². The fourth-order valence-corrected chi connectivity index (χ4v) is 2.42. The van der Waals surface area contributed by atoms with E-state index in [1.165, 1.54) is 19.5 Å². The Morgan fingerprint density at radius 1 is 1.15 bits per heavy atom. The zero-order valence-corrected chi connectivity index (χ0v) is 14.7. The molecule has 0 atom stereocenters. The molecule has 0 unspecified atom stereocenters. The van der Waals surface area contributed by atoms with Crippen molar-refractivity contribution in [1.29, 1.82) is 0 Å². The summed E-state index contributed by atoms with van der Waals surface area (Å²) >= 11 is 6.05. The van der Waals surface area contributed by atoms with Crippen LogP contribution in [-0.4, -0.2) is 28.0 Å². The van der Waals surface area contributed by atoms with E-state index in [2.05, 4.69) is 25.6 Å². The fraction of sp³-hybridized carbons (Fsp3) is 0.111. The Balaban J connectivity index is 1.60. The molecular formula is C18H16ClN5O2. The van der Waals surface area contributed by atoms with Crippen molar-refractivity contribution < 1.29 is 9.53 Å². The molecule has 0 saturated heterocycles. The first-order chi connectivity index (χ1) is 12.7. The van der Waals surface area contributed by atoms with Gasteiger partial charge in [-0.25, -0.2) is 9.97 Å². The second-order valence-corrected chi connectivity index (χ2v) is 5.72. The molecule has 7 nitrogen and oxygen atoms in total. The average molecular weight is 370 g/mol. The smallest absolute Gasteiger partial charge is 0.258 e. The lowest BCUT2D eigenvalue weighted by atomic mass is 10.2. The van der Waals surface area contributed by atoms with E-state index in [1.807, 2.05) is 12.1 Å². The summed E-state index contributed by atoms with van der Waals surface area (Å²) in [5.74, 6) is 0.649. The molecule has 2 heterocycles. The maximum absolute atomic E-state index is 12.3. The van der Waals surface area contributed by atoms with Crippen LogP contribution in [0.4, 0.5) is 11.6 Å². The standard InChI is InChI=1S/C18H16ClN5O2/c1-26-16-3-2-14(8-15(16)19)24-17(25)13-10-22-18(23-11-13)21-9-12-4-6-20-7-5-12/h2-8,10-11H,9H2,1H3,(H,24,25)(H,21,22,23). The van der Waals surface area contributed by atoms with Crippen LogP contribution in [0.5, 0.6) is 5.75 Å². The lowest BCUT2D eigenvalue weighted by molar-refractivity contribution is 0.102. The van der Waals surface area contributed by atoms with E-state index >= 15 is 0 Å². The number of anilines is 2. The molecule has 0 aliphatic heterocycles. The van der Waals surface area contributed by atoms with E-state index in [0.29, 0.717) is 34.5 Å². The lowest BCUT2D eigenvalue weighted by Crippen LogP contribution is -2.13. The van der Waals surface area contributed by atoms with Crippen molar-refractivity contribution in [2.24, 2.45) is 0 Å². The topological polar surface area (TPSA) is 89.0 Å². The summed E-state index contributed by atoms with van der Waals surface area (Å²) in [4.78, 5) is 24.6. The van der Waals surface area contributed by atoms with Gasteiger partial charge in [-0.2, -0.15) is 0 Å². The number of carbonyl (C=O) groups excluding carboxylic acids is 1. The first-order valence-electron chi connectivity index (χ1n) is 7.75. The first-order valence-corrected chi connectivity index (χ1v) is 8.13. The third kappa shape index (κ3) is 4.46. The largest absolute Gasteiger partial charge is 0.495 e. The van der Waals surface area contributed by atoms with E-state index in [1.54, 1.807) is 30.6 Å². The maximum Gasteiger partial charge on any atom is 0.258 e. The van der Waals surface area contributed by atoms with Crippen molar-refractivity contribution in [3.8, 4) is 5.75 Å². The highest BCUT2D eigenvalue weighted by atomic mass is 35.5. The van der Waals surface area contributed by atoms with Gasteiger partial charge in [0.25, 0.3) is 5.91 Å². The summed E-state index contributed by atoms with van der Waals surface area (Å²) in [5.41, 5.74) is 1.95. The number of benzene rings is 1. The molecular weight excluding hydrogens is 354 g/mol. The predicted molar refractivity (Wildman–Crippen MR) is 99.6 cm³/mol. The van der Waals surface area contributed by atoms with Crippen molar-refractivity contribution in [3.63, 3.8) is 0 Å². The molecule has 0 radical (unpaired) electrons. The Morgan fingerprint density at radius 2 is 1.88 bits per heavy atom. The number of nitrogens with one attached hydrogen (secondary N) is 2. The number of rotatable bonds is 6. The number of hydrogen-bond donors (Lipinski definition) is 2. The van der Waals surface area contributed by atoms with Crippen LogP contribution in [0.25, 0.3) is 0 Å². The quantitative estimate of drug-likeness (QED) is 0.692. The highest BCUT2D eigenvalue weighted by Gasteiger charge is 2.09. The number of methoxy groups -OCH3 is 1. The highest BCUT2D eigenvalue weighted by molar-refractivity contribution is 6.32. The van der Waals surface area contributed by atoms with Crippen molar-refractivity contribution >= 4 is 29.1 Å². The Labute approximate surface area is 155 Å². The van der Waals surface area contributed by atoms with Gasteiger partial charge in [-0.05, 0) is 35.9 Å². The molecule has 26 heavy (non-hydrogen) atoms. The van der Waals surface area contributed by atoms with Crippen LogP contribution in [0.3, 0.4) is 0 Å². The number of amides is 1. The van der Waals surface area contributed by atoms with Gasteiger partial charge >= 0.3 is 0 Å². The molecule has 2 aromatic heterocycles. The van der Waals surface area contributed by atoms with Crippen LogP contribution in [-0.2, 0) is 6.54 Å². The summed E-state index contributed by atoms with van der Waals surface area (Å²) in [7, 11) is 1.53. The highest BCUT2D eigenvalue weighted by Crippen LogP contribution is 2.27. The molecule has 0 fully saturated rings. The van der Waals surface area contributed by atoms with Gasteiger partial charge in [0.05, 0.1) is 17.7 Å². The van der Waals surface area contributed by atoms with Gasteiger partial charge in [0.1, 0.15) is 5.75 Å². The van der Waals surface area contributed by atoms with E-state index in [4.69, 9.17) is 16.3 Å². The first kappa shape index (κ1) is 17.6. The van der Waals surface area contributed by atoms with Gasteiger partial charge in [0.2, 0.25) is 5.95 Å². The molecule has 3 rings (SSSR count). The Bertz CT molecular complexity index is 888. The Hall–Kier alpha value is -3.19. The molecule has 132 valence electrons. The molecule has 1 amide bonds. The number of ether oxygens (including phenoxy) is 1. The van der Waals surface area contributed by atoms with Crippen LogP contribution >= 0.6 is 11.6 Å². The van der Waals surface area contributed by atoms with Crippen LogP contribution in [0.2, 0.25) is 5.02 Å². The van der Waals surface area contributed by atoms with Gasteiger partial charge in [-0.1, -0.05) is 11.6 Å². The third-order valence-electron chi connectivity index (χ3n) is 3.52. The zero-order valence-electron chi connectivity index (χ0n) is 13.9. The van der Waals surface area contributed by atoms with Gasteiger partial charge in [-0.15, -0.1) is 0 Å². The van der Waals surface area contributed by atoms with Crippen LogP contribution in [0.15, 0.2) is 55.1 Å². The molecule has 1 aromatic carbocycles. The Kier molecular flexibility index (Phi) is 5.60. The minimum Gasteiger partial charge on any atom is -0.495 e. The van der Waals surface area contributed by atoms with Crippen LogP contribution in [0.1, 0.15) is 15.9 Å². The number of nitrogens with zero attached hydrogens (tertiary/aromatic N) is 3. The van der Waals surface area contributed by atoms with Crippen molar-refractivity contribution in [3.05, 3.63) is 71.3 Å². The van der Waals surface area contributed by atoms with Gasteiger partial charge < -0.3 is 15.4 Å². The lowest BCUT2D eigenvalue weighted by Gasteiger charge is -2.08. The number of hydrogen-bond acceptors (Lipinski definition) is 6. The second kappa shape index (κ2) is 8.26. The summed E-state index contributed by atoms with van der Waals surface area (Å²) in [5, 5.41) is 6.24. The SMILES string of the molecule is COc1ccc(NC(=O)c2cnc(NCc3ccncc3)nc2)cc1Cl. The van der Waals surface area contributed by atoms with Crippen LogP contribution in [0, 0.1) is 0 Å². The Morgan fingerprint density at radius 3 is 2.54 bits per heavy atom. The van der Waals surface area contributed by atoms with E-state index in [9.17, 15) is 4.79 Å². The minimum absolute atomic E-state index is 0.327. The number of carbonyl (C=O) groups is 1. The van der Waals surface area contributed by atoms with E-state index in [-0.39, 0.29) is 5.91 Å².